The molecule has 5 rings (SSSR count). The van der Waals surface area contributed by atoms with Crippen molar-refractivity contribution in [2.45, 2.75) is 29.8 Å². The number of nitrogens with one attached hydrogen (secondary N) is 1. The van der Waals surface area contributed by atoms with Crippen molar-refractivity contribution in [2.75, 3.05) is 5.32 Å². The van der Waals surface area contributed by atoms with Crippen LogP contribution in [0.25, 0.3) is 16.6 Å². The van der Waals surface area contributed by atoms with Crippen molar-refractivity contribution in [1.29, 1.82) is 0 Å². The lowest BCUT2D eigenvalue weighted by Crippen LogP contribution is -2.10. The Hall–Kier alpha value is -3.78. The zero-order chi connectivity index (χ0) is 22.3. The van der Waals surface area contributed by atoms with E-state index in [-0.39, 0.29) is 21.6 Å². The minimum absolute atomic E-state index is 0.0393. The number of aryl methyl sites for hydroxylation is 1. The molecule has 0 aliphatic heterocycles. The third-order valence-corrected chi connectivity index (χ3v) is 7.13. The minimum Gasteiger partial charge on any atom is -0.363 e. The van der Waals surface area contributed by atoms with Crippen LogP contribution in [0.1, 0.15) is 24.1 Å². The van der Waals surface area contributed by atoms with Crippen LogP contribution in [0.5, 0.6) is 0 Å². The van der Waals surface area contributed by atoms with E-state index in [1.807, 2.05) is 68.4 Å². The van der Waals surface area contributed by atoms with E-state index in [1.54, 1.807) is 24.3 Å². The SMILES string of the molecule is Cc1ccc(S(=O)(=O)c2nnn3c2nc(N[C@@H](C)c2ccccc2)c2ccccc23)cc1. The van der Waals surface area contributed by atoms with Crippen molar-refractivity contribution >= 4 is 32.2 Å². The van der Waals surface area contributed by atoms with E-state index in [0.29, 0.717) is 5.82 Å². The second kappa shape index (κ2) is 7.72. The Bertz CT molecular complexity index is 1530. The largest absolute Gasteiger partial charge is 0.363 e. The fourth-order valence-corrected chi connectivity index (χ4v) is 4.92. The highest BCUT2D eigenvalue weighted by Gasteiger charge is 2.27. The topological polar surface area (TPSA) is 89.2 Å². The molecule has 5 aromatic rings. The Morgan fingerprint density at radius 1 is 0.906 bits per heavy atom. The van der Waals surface area contributed by atoms with Gasteiger partial charge in [0, 0.05) is 11.4 Å². The quantitative estimate of drug-likeness (QED) is 0.427. The molecule has 2 heterocycles. The maximum atomic E-state index is 13.3. The van der Waals surface area contributed by atoms with Crippen LogP contribution in [0, 0.1) is 6.92 Å². The van der Waals surface area contributed by atoms with Gasteiger partial charge < -0.3 is 5.32 Å². The Morgan fingerprint density at radius 2 is 1.59 bits per heavy atom. The van der Waals surface area contributed by atoms with Gasteiger partial charge >= 0.3 is 0 Å². The van der Waals surface area contributed by atoms with E-state index in [4.69, 9.17) is 0 Å². The molecule has 0 spiro atoms. The van der Waals surface area contributed by atoms with Gasteiger partial charge in [-0.1, -0.05) is 65.4 Å². The second-order valence-corrected chi connectivity index (χ2v) is 9.57. The summed E-state index contributed by atoms with van der Waals surface area (Å²) in [5.41, 5.74) is 2.98. The minimum atomic E-state index is -3.89. The Kier molecular flexibility index (Phi) is 4.86. The number of para-hydroxylation sites is 1. The summed E-state index contributed by atoms with van der Waals surface area (Å²) < 4.78 is 28.2. The van der Waals surface area contributed by atoms with Gasteiger partial charge in [-0.25, -0.2) is 13.4 Å². The summed E-state index contributed by atoms with van der Waals surface area (Å²) in [6.45, 7) is 3.94. The molecule has 0 aliphatic carbocycles. The Labute approximate surface area is 185 Å². The monoisotopic (exact) mass is 443 g/mol. The number of sulfone groups is 1. The molecule has 0 aliphatic rings. The average molecular weight is 444 g/mol. The summed E-state index contributed by atoms with van der Waals surface area (Å²) in [6.07, 6.45) is 0. The van der Waals surface area contributed by atoms with E-state index in [1.165, 1.54) is 4.52 Å². The van der Waals surface area contributed by atoms with Crippen LogP contribution in [0.15, 0.2) is 88.8 Å². The molecule has 0 amide bonds. The molecule has 0 saturated carbocycles. The third-order valence-electron chi connectivity index (χ3n) is 5.46. The van der Waals surface area contributed by atoms with E-state index >= 15 is 0 Å². The fourth-order valence-electron chi connectivity index (χ4n) is 3.69. The smallest absolute Gasteiger partial charge is 0.229 e. The fraction of sp³-hybridized carbons (Fsp3) is 0.125. The summed E-state index contributed by atoms with van der Waals surface area (Å²) in [4.78, 5) is 4.85. The Morgan fingerprint density at radius 3 is 2.34 bits per heavy atom. The van der Waals surface area contributed by atoms with Crippen molar-refractivity contribution in [3.05, 3.63) is 90.0 Å². The average Bonchev–Trinajstić information content (AvgIpc) is 3.25. The summed E-state index contributed by atoms with van der Waals surface area (Å²) in [5.74, 6) is 0.576. The normalized spacial score (nSPS) is 12.8. The molecule has 2 aromatic heterocycles. The number of fused-ring (bicyclic) bond motifs is 3. The summed E-state index contributed by atoms with van der Waals surface area (Å²) in [7, 11) is -3.89. The van der Waals surface area contributed by atoms with Crippen molar-refractivity contribution < 1.29 is 8.42 Å². The molecule has 0 unspecified atom stereocenters. The lowest BCUT2D eigenvalue weighted by molar-refractivity contribution is 0.592. The van der Waals surface area contributed by atoms with Crippen molar-refractivity contribution in [1.82, 2.24) is 19.8 Å². The summed E-state index contributed by atoms with van der Waals surface area (Å²) in [6, 6.07) is 24.2. The molecule has 0 fully saturated rings. The van der Waals surface area contributed by atoms with E-state index < -0.39 is 9.84 Å². The molecular weight excluding hydrogens is 422 g/mol. The van der Waals surface area contributed by atoms with Gasteiger partial charge in [-0.15, -0.1) is 5.10 Å². The van der Waals surface area contributed by atoms with Crippen LogP contribution in [0.3, 0.4) is 0 Å². The molecule has 1 atom stereocenters. The predicted molar refractivity (Wildman–Crippen MR) is 123 cm³/mol. The van der Waals surface area contributed by atoms with Gasteiger partial charge in [0.25, 0.3) is 0 Å². The molecule has 0 bridgehead atoms. The zero-order valence-corrected chi connectivity index (χ0v) is 18.4. The van der Waals surface area contributed by atoms with Crippen LogP contribution in [0.4, 0.5) is 5.82 Å². The third kappa shape index (κ3) is 3.38. The molecule has 32 heavy (non-hydrogen) atoms. The van der Waals surface area contributed by atoms with Gasteiger partial charge in [-0.3, -0.25) is 0 Å². The Balaban J connectivity index is 1.69. The molecule has 8 heteroatoms. The van der Waals surface area contributed by atoms with Gasteiger partial charge in [0.05, 0.1) is 10.4 Å². The molecule has 3 aromatic carbocycles. The van der Waals surface area contributed by atoms with E-state index in [2.05, 4.69) is 20.6 Å². The highest BCUT2D eigenvalue weighted by Crippen LogP contribution is 2.30. The van der Waals surface area contributed by atoms with Crippen LogP contribution in [-0.4, -0.2) is 28.2 Å². The van der Waals surface area contributed by atoms with Crippen LogP contribution < -0.4 is 5.32 Å². The van der Waals surface area contributed by atoms with Crippen LogP contribution >= 0.6 is 0 Å². The van der Waals surface area contributed by atoms with Crippen molar-refractivity contribution in [2.24, 2.45) is 0 Å². The van der Waals surface area contributed by atoms with Gasteiger partial charge in [0.15, 0.2) is 5.65 Å². The number of nitrogens with zero attached hydrogens (tertiary/aromatic N) is 4. The predicted octanol–water partition coefficient (Wildman–Crippen LogP) is 4.59. The first-order valence-corrected chi connectivity index (χ1v) is 11.7. The maximum absolute atomic E-state index is 13.3. The highest BCUT2D eigenvalue weighted by atomic mass is 32.2. The maximum Gasteiger partial charge on any atom is 0.229 e. The number of hydrogen-bond donors (Lipinski definition) is 1. The van der Waals surface area contributed by atoms with E-state index in [9.17, 15) is 8.42 Å². The van der Waals surface area contributed by atoms with Gasteiger partial charge in [0.1, 0.15) is 5.82 Å². The number of rotatable bonds is 5. The standard InChI is InChI=1S/C24H21N5O2S/c1-16-12-14-19(15-13-16)32(30,31)24-23-26-22(25-17(2)18-8-4-3-5-9-18)20-10-6-7-11-21(20)29(23)28-27-24/h3-15,17H,1-2H3,(H,25,26)/t17-/m0/s1. The first-order chi connectivity index (χ1) is 15.4. The summed E-state index contributed by atoms with van der Waals surface area (Å²) >= 11 is 0. The molecule has 7 nitrogen and oxygen atoms in total. The van der Waals surface area contributed by atoms with Crippen molar-refractivity contribution in [3.8, 4) is 0 Å². The van der Waals surface area contributed by atoms with Crippen molar-refractivity contribution in [3.63, 3.8) is 0 Å². The molecular formula is C24H21N5O2S. The number of anilines is 1. The molecule has 0 saturated heterocycles. The number of benzene rings is 3. The zero-order valence-electron chi connectivity index (χ0n) is 17.6. The lowest BCUT2D eigenvalue weighted by Gasteiger charge is -2.17. The second-order valence-electron chi connectivity index (χ2n) is 7.70. The van der Waals surface area contributed by atoms with Crippen LogP contribution in [-0.2, 0) is 9.84 Å². The summed E-state index contributed by atoms with van der Waals surface area (Å²) in [5, 5.41) is 12.3. The lowest BCUT2D eigenvalue weighted by atomic mass is 10.1. The molecule has 0 radical (unpaired) electrons. The molecule has 160 valence electrons. The van der Waals surface area contributed by atoms with Gasteiger partial charge in [-0.2, -0.15) is 4.52 Å². The van der Waals surface area contributed by atoms with Gasteiger partial charge in [0.2, 0.25) is 14.9 Å². The first kappa shape index (κ1) is 20.1. The van der Waals surface area contributed by atoms with E-state index in [0.717, 1.165) is 22.0 Å². The highest BCUT2D eigenvalue weighted by molar-refractivity contribution is 7.91. The van der Waals surface area contributed by atoms with Gasteiger partial charge in [-0.05, 0) is 43.7 Å². The van der Waals surface area contributed by atoms with Crippen LogP contribution in [0.2, 0.25) is 0 Å². The number of aromatic nitrogens is 4. The number of hydrogen-bond acceptors (Lipinski definition) is 6. The first-order valence-electron chi connectivity index (χ1n) is 10.2. The molecule has 1 N–H and O–H groups in total.